The van der Waals surface area contributed by atoms with E-state index in [1.807, 2.05) is 31.2 Å². The molecule has 2 aromatic carbocycles. The summed E-state index contributed by atoms with van der Waals surface area (Å²) in [5.41, 5.74) is 1.40. The molecule has 0 saturated carbocycles. The molecule has 8 nitrogen and oxygen atoms in total. The second-order valence-corrected chi connectivity index (χ2v) is 5.55. The summed E-state index contributed by atoms with van der Waals surface area (Å²) in [6, 6.07) is 8.74. The van der Waals surface area contributed by atoms with Crippen LogP contribution in [0.2, 0.25) is 0 Å². The van der Waals surface area contributed by atoms with Crippen LogP contribution in [-0.4, -0.2) is 15.0 Å². The van der Waals surface area contributed by atoms with E-state index in [1.165, 1.54) is 13.0 Å². The second kappa shape index (κ2) is 7.71. The fraction of sp³-hybridized carbons (Fsp3) is 0.294. The number of nitrogens with zero attached hydrogens (tertiary/aromatic N) is 2. The molecule has 2 N–H and O–H groups in total. The van der Waals surface area contributed by atoms with Crippen molar-refractivity contribution < 1.29 is 15.0 Å². The molecular formula is C17H19N3O5. The number of anilines is 1. The zero-order chi connectivity index (χ0) is 18.6. The van der Waals surface area contributed by atoms with Crippen LogP contribution in [0.3, 0.4) is 0 Å². The Morgan fingerprint density at radius 1 is 1.08 bits per heavy atom. The fourth-order valence-corrected chi connectivity index (χ4v) is 2.78. The van der Waals surface area contributed by atoms with Gasteiger partial charge < -0.3 is 10.4 Å². The molecule has 0 aromatic heterocycles. The number of aryl methyl sites for hydroxylation is 1. The lowest BCUT2D eigenvalue weighted by molar-refractivity contribution is -0.392. The van der Waals surface area contributed by atoms with Crippen molar-refractivity contribution in [1.29, 1.82) is 0 Å². The van der Waals surface area contributed by atoms with E-state index in [0.717, 1.165) is 17.5 Å². The lowest BCUT2D eigenvalue weighted by atomic mass is 10.0. The minimum absolute atomic E-state index is 0.143. The minimum atomic E-state index is -0.681. The standard InChI is InChI=1S/C17H19N3O5/c1-3-12-6-4-5-7-13(12)9-18-16-15(19(22)23)8-14(10-21)11(2)17(16)20(24)25/h4-8,18,21H,3,9-10H2,1-2H3. The molecule has 0 aliphatic heterocycles. The van der Waals surface area contributed by atoms with Crippen molar-refractivity contribution in [1.82, 2.24) is 0 Å². The Hall–Kier alpha value is -3.00. The largest absolute Gasteiger partial charge is 0.392 e. The minimum Gasteiger partial charge on any atom is -0.392 e. The van der Waals surface area contributed by atoms with Gasteiger partial charge in [0.15, 0.2) is 5.69 Å². The SMILES string of the molecule is CCc1ccccc1CNc1c([N+](=O)[O-])cc(CO)c(C)c1[N+](=O)[O-]. The van der Waals surface area contributed by atoms with E-state index in [1.54, 1.807) is 0 Å². The average Bonchev–Trinajstić information content (AvgIpc) is 2.59. The zero-order valence-corrected chi connectivity index (χ0v) is 14.0. The molecule has 0 fully saturated rings. The molecule has 0 radical (unpaired) electrons. The Morgan fingerprint density at radius 2 is 1.72 bits per heavy atom. The highest BCUT2D eigenvalue weighted by atomic mass is 16.6. The van der Waals surface area contributed by atoms with Gasteiger partial charge in [-0.05, 0) is 30.0 Å². The molecule has 8 heteroatoms. The second-order valence-electron chi connectivity index (χ2n) is 5.55. The van der Waals surface area contributed by atoms with Gasteiger partial charge in [-0.15, -0.1) is 0 Å². The third-order valence-corrected chi connectivity index (χ3v) is 4.15. The van der Waals surface area contributed by atoms with E-state index < -0.39 is 22.1 Å². The molecule has 25 heavy (non-hydrogen) atoms. The molecule has 0 aliphatic rings. The van der Waals surface area contributed by atoms with Crippen molar-refractivity contribution in [3.05, 3.63) is 72.8 Å². The summed E-state index contributed by atoms with van der Waals surface area (Å²) in [5.74, 6) is 0. The number of rotatable bonds is 7. The quantitative estimate of drug-likeness (QED) is 0.586. The first kappa shape index (κ1) is 18.3. The van der Waals surface area contributed by atoms with Crippen LogP contribution >= 0.6 is 0 Å². The maximum Gasteiger partial charge on any atom is 0.302 e. The number of nitro benzene ring substituents is 2. The number of hydrogen-bond donors (Lipinski definition) is 2. The van der Waals surface area contributed by atoms with Crippen molar-refractivity contribution >= 4 is 17.1 Å². The highest BCUT2D eigenvalue weighted by molar-refractivity contribution is 5.77. The van der Waals surface area contributed by atoms with Crippen molar-refractivity contribution in [2.45, 2.75) is 33.4 Å². The van der Waals surface area contributed by atoms with Crippen LogP contribution in [0.4, 0.5) is 17.1 Å². The Morgan fingerprint density at radius 3 is 2.24 bits per heavy atom. The number of nitro groups is 2. The van der Waals surface area contributed by atoms with E-state index in [4.69, 9.17) is 0 Å². The van der Waals surface area contributed by atoms with E-state index in [2.05, 4.69) is 5.32 Å². The third-order valence-electron chi connectivity index (χ3n) is 4.15. The molecule has 0 spiro atoms. The molecule has 2 rings (SSSR count). The van der Waals surface area contributed by atoms with Gasteiger partial charge in [0.25, 0.3) is 5.69 Å². The first-order valence-corrected chi connectivity index (χ1v) is 7.77. The smallest absolute Gasteiger partial charge is 0.302 e. The molecule has 0 atom stereocenters. The van der Waals surface area contributed by atoms with Crippen LogP contribution in [0.25, 0.3) is 0 Å². The van der Waals surface area contributed by atoms with Gasteiger partial charge in [-0.2, -0.15) is 0 Å². The molecule has 0 amide bonds. The number of aliphatic hydroxyl groups excluding tert-OH is 1. The third kappa shape index (κ3) is 3.74. The molecule has 132 valence electrons. The number of nitrogens with one attached hydrogen (secondary N) is 1. The van der Waals surface area contributed by atoms with Gasteiger partial charge in [-0.3, -0.25) is 20.2 Å². The first-order chi connectivity index (χ1) is 11.9. The summed E-state index contributed by atoms with van der Waals surface area (Å²) in [6.07, 6.45) is 0.782. The van der Waals surface area contributed by atoms with Crippen LogP contribution in [0.5, 0.6) is 0 Å². The Balaban J connectivity index is 2.53. The van der Waals surface area contributed by atoms with Gasteiger partial charge in [0.1, 0.15) is 0 Å². The number of benzene rings is 2. The van der Waals surface area contributed by atoms with Crippen molar-refractivity contribution in [3.63, 3.8) is 0 Å². The highest BCUT2D eigenvalue weighted by Gasteiger charge is 2.30. The van der Waals surface area contributed by atoms with Gasteiger partial charge in [0.2, 0.25) is 0 Å². The predicted molar refractivity (Wildman–Crippen MR) is 93.6 cm³/mol. The molecule has 0 bridgehead atoms. The Bertz CT molecular complexity index is 820. The van der Waals surface area contributed by atoms with Gasteiger partial charge in [-0.1, -0.05) is 31.2 Å². The normalized spacial score (nSPS) is 10.5. The molecule has 0 aliphatic carbocycles. The van der Waals surface area contributed by atoms with E-state index in [-0.39, 0.29) is 29.0 Å². The van der Waals surface area contributed by atoms with Gasteiger partial charge >= 0.3 is 5.69 Å². The first-order valence-electron chi connectivity index (χ1n) is 7.77. The summed E-state index contributed by atoms with van der Waals surface area (Å²) < 4.78 is 0. The van der Waals surface area contributed by atoms with Crippen LogP contribution < -0.4 is 5.32 Å². The zero-order valence-electron chi connectivity index (χ0n) is 14.0. The molecule has 0 saturated heterocycles. The summed E-state index contributed by atoms with van der Waals surface area (Å²) in [6.45, 7) is 3.18. The van der Waals surface area contributed by atoms with E-state index in [9.17, 15) is 25.3 Å². The summed E-state index contributed by atoms with van der Waals surface area (Å²) >= 11 is 0. The van der Waals surface area contributed by atoms with Crippen molar-refractivity contribution in [2.75, 3.05) is 5.32 Å². The topological polar surface area (TPSA) is 119 Å². The van der Waals surface area contributed by atoms with Crippen LogP contribution in [0.15, 0.2) is 30.3 Å². The molecular weight excluding hydrogens is 326 g/mol. The highest BCUT2D eigenvalue weighted by Crippen LogP contribution is 2.39. The summed E-state index contributed by atoms with van der Waals surface area (Å²) in [7, 11) is 0. The average molecular weight is 345 g/mol. The summed E-state index contributed by atoms with van der Waals surface area (Å²) in [4.78, 5) is 21.5. The molecule has 0 unspecified atom stereocenters. The maximum absolute atomic E-state index is 11.5. The van der Waals surface area contributed by atoms with Gasteiger partial charge in [-0.25, -0.2) is 0 Å². The lowest BCUT2D eigenvalue weighted by Gasteiger charge is -2.13. The predicted octanol–water partition coefficient (Wildman–Crippen LogP) is 3.48. The van der Waals surface area contributed by atoms with Crippen molar-refractivity contribution in [3.8, 4) is 0 Å². The van der Waals surface area contributed by atoms with Crippen LogP contribution in [-0.2, 0) is 19.6 Å². The van der Waals surface area contributed by atoms with E-state index in [0.29, 0.717) is 0 Å². The maximum atomic E-state index is 11.5. The fourth-order valence-electron chi connectivity index (χ4n) is 2.78. The number of hydrogen-bond acceptors (Lipinski definition) is 6. The van der Waals surface area contributed by atoms with Crippen LogP contribution in [0, 0.1) is 27.2 Å². The molecule has 0 heterocycles. The van der Waals surface area contributed by atoms with Crippen molar-refractivity contribution in [2.24, 2.45) is 0 Å². The monoisotopic (exact) mass is 345 g/mol. The summed E-state index contributed by atoms with van der Waals surface area (Å²) in [5, 5.41) is 35.0. The molecule has 2 aromatic rings. The Labute approximate surface area is 144 Å². The Kier molecular flexibility index (Phi) is 5.66. The lowest BCUT2D eigenvalue weighted by Crippen LogP contribution is -2.10. The number of aliphatic hydroxyl groups is 1. The van der Waals surface area contributed by atoms with Gasteiger partial charge in [0.05, 0.1) is 16.5 Å². The van der Waals surface area contributed by atoms with Gasteiger partial charge in [0, 0.05) is 18.2 Å². The van der Waals surface area contributed by atoms with Crippen LogP contribution in [0.1, 0.15) is 29.2 Å². The van der Waals surface area contributed by atoms with E-state index >= 15 is 0 Å².